The number of nitrogen functional groups attached to an aromatic ring is 1. The highest BCUT2D eigenvalue weighted by Crippen LogP contribution is 2.42. The van der Waals surface area contributed by atoms with Gasteiger partial charge in [-0.1, -0.05) is 24.8 Å². The van der Waals surface area contributed by atoms with Crippen molar-refractivity contribution >= 4 is 34.1 Å². The molecular weight excluding hydrogens is 332 g/mol. The van der Waals surface area contributed by atoms with Crippen LogP contribution in [0.3, 0.4) is 0 Å². The molecule has 0 radical (unpaired) electrons. The molecule has 0 heterocycles. The Morgan fingerprint density at radius 1 is 1.36 bits per heavy atom. The summed E-state index contributed by atoms with van der Waals surface area (Å²) in [6.45, 7) is 9.59. The van der Waals surface area contributed by atoms with Crippen molar-refractivity contribution in [3.05, 3.63) is 59.8 Å². The number of aromatic hydroxyl groups is 1. The average molecular weight is 354 g/mol. The Bertz CT molecular complexity index is 914. The summed E-state index contributed by atoms with van der Waals surface area (Å²) in [4.78, 5) is 0.713. The Morgan fingerprint density at radius 3 is 2.68 bits per heavy atom. The summed E-state index contributed by atoms with van der Waals surface area (Å²) in [6, 6.07) is 5.49. The van der Waals surface area contributed by atoms with Gasteiger partial charge >= 0.3 is 0 Å². The fraction of sp³-hybridized carbons (Fsp3) is 0.158. The number of allylic oxidation sites excluding steroid dienone is 4. The number of hydrogen-bond acceptors (Lipinski definition) is 6. The van der Waals surface area contributed by atoms with Gasteiger partial charge in [0.05, 0.1) is 16.8 Å². The smallest absolute Gasteiger partial charge is 0.153 e. The van der Waals surface area contributed by atoms with E-state index in [2.05, 4.69) is 16.8 Å². The second-order valence-electron chi connectivity index (χ2n) is 5.64. The number of nitrogens with zero attached hydrogens (tertiary/aromatic N) is 2. The first-order valence-electron chi connectivity index (χ1n) is 7.72. The van der Waals surface area contributed by atoms with E-state index in [1.54, 1.807) is 6.07 Å². The van der Waals surface area contributed by atoms with Gasteiger partial charge in [0.2, 0.25) is 0 Å². The molecule has 0 aromatic heterocycles. The van der Waals surface area contributed by atoms with E-state index >= 15 is 0 Å². The lowest BCUT2D eigenvalue weighted by molar-refractivity contribution is 0.482. The summed E-state index contributed by atoms with van der Waals surface area (Å²) >= 11 is 1.05. The summed E-state index contributed by atoms with van der Waals surface area (Å²) in [5, 5.41) is 26.1. The van der Waals surface area contributed by atoms with Crippen molar-refractivity contribution in [2.45, 2.75) is 25.7 Å². The number of nitrogens with two attached hydrogens (primary N) is 2. The Hall–Kier alpha value is -2.57. The van der Waals surface area contributed by atoms with Crippen LogP contribution < -0.4 is 10.9 Å². The van der Waals surface area contributed by atoms with E-state index in [-0.39, 0.29) is 5.75 Å². The van der Waals surface area contributed by atoms with E-state index in [0.29, 0.717) is 27.4 Å². The zero-order chi connectivity index (χ0) is 18.6. The van der Waals surface area contributed by atoms with Crippen LogP contribution >= 0.6 is 11.9 Å². The molecule has 0 spiro atoms. The van der Waals surface area contributed by atoms with Crippen LogP contribution in [0, 0.1) is 6.92 Å². The van der Waals surface area contributed by atoms with Gasteiger partial charge in [0.25, 0.3) is 0 Å². The van der Waals surface area contributed by atoms with Gasteiger partial charge in [0.1, 0.15) is 5.69 Å². The van der Waals surface area contributed by atoms with Crippen LogP contribution in [0.5, 0.6) is 5.75 Å². The van der Waals surface area contributed by atoms with E-state index in [1.165, 1.54) is 0 Å². The van der Waals surface area contributed by atoms with Crippen molar-refractivity contribution in [1.29, 1.82) is 0 Å². The van der Waals surface area contributed by atoms with Gasteiger partial charge in [0.15, 0.2) is 5.75 Å². The Labute approximate surface area is 152 Å². The molecule has 0 amide bonds. The van der Waals surface area contributed by atoms with E-state index in [9.17, 15) is 5.11 Å². The quantitative estimate of drug-likeness (QED) is 0.285. The molecule has 5 nitrogen and oxygen atoms in total. The van der Waals surface area contributed by atoms with Crippen molar-refractivity contribution in [2.24, 2.45) is 15.4 Å². The molecule has 0 bridgehead atoms. The number of azo groups is 1. The molecule has 6 heteroatoms. The minimum atomic E-state index is -0.00940. The van der Waals surface area contributed by atoms with E-state index in [4.69, 9.17) is 10.9 Å². The lowest BCUT2D eigenvalue weighted by atomic mass is 10.0. The van der Waals surface area contributed by atoms with Crippen LogP contribution in [-0.4, -0.2) is 5.11 Å². The lowest BCUT2D eigenvalue weighted by Gasteiger charge is -2.12. The Balaban J connectivity index is 2.60. The predicted octanol–water partition coefficient (Wildman–Crippen LogP) is 5.52. The number of anilines is 1. The van der Waals surface area contributed by atoms with Crippen molar-refractivity contribution in [2.75, 3.05) is 5.73 Å². The largest absolute Gasteiger partial charge is 0.505 e. The highest BCUT2D eigenvalue weighted by atomic mass is 32.2. The molecule has 0 aliphatic carbocycles. The van der Waals surface area contributed by atoms with Crippen molar-refractivity contribution in [1.82, 2.24) is 0 Å². The van der Waals surface area contributed by atoms with Crippen LogP contribution in [0.15, 0.2) is 69.4 Å². The monoisotopic (exact) mass is 354 g/mol. The van der Waals surface area contributed by atoms with Crippen LogP contribution in [0.25, 0.3) is 10.8 Å². The van der Waals surface area contributed by atoms with Crippen LogP contribution in [0.2, 0.25) is 0 Å². The maximum Gasteiger partial charge on any atom is 0.153 e. The Morgan fingerprint density at radius 2 is 2.08 bits per heavy atom. The van der Waals surface area contributed by atoms with E-state index in [1.807, 2.05) is 51.1 Å². The van der Waals surface area contributed by atoms with Crippen LogP contribution in [0.4, 0.5) is 11.4 Å². The second kappa shape index (κ2) is 8.00. The maximum atomic E-state index is 10.7. The summed E-state index contributed by atoms with van der Waals surface area (Å²) in [5.74, 6) is -0.00940. The molecule has 25 heavy (non-hydrogen) atoms. The molecule has 2 aromatic carbocycles. The zero-order valence-corrected chi connectivity index (χ0v) is 15.4. The zero-order valence-electron chi connectivity index (χ0n) is 14.6. The highest BCUT2D eigenvalue weighted by molar-refractivity contribution is 7.97. The lowest BCUT2D eigenvalue weighted by Crippen LogP contribution is -1.95. The molecule has 0 atom stereocenters. The summed E-state index contributed by atoms with van der Waals surface area (Å²) < 4.78 is 0. The number of fused-ring (bicyclic) bond motifs is 1. The summed E-state index contributed by atoms with van der Waals surface area (Å²) in [6.07, 6.45) is 5.56. The third-order valence-electron chi connectivity index (χ3n) is 3.74. The van der Waals surface area contributed by atoms with Gasteiger partial charge in [-0.25, -0.2) is 0 Å². The number of hydrogen-bond donors (Lipinski definition) is 3. The maximum absolute atomic E-state index is 10.7. The predicted molar refractivity (Wildman–Crippen MR) is 107 cm³/mol. The third kappa shape index (κ3) is 3.92. The number of aryl methyl sites for hydroxylation is 1. The molecule has 5 N–H and O–H groups in total. The fourth-order valence-corrected chi connectivity index (χ4v) is 2.86. The second-order valence-corrected chi connectivity index (χ2v) is 6.31. The molecule has 0 saturated carbocycles. The molecule has 0 saturated heterocycles. The van der Waals surface area contributed by atoms with Crippen LogP contribution in [0.1, 0.15) is 19.4 Å². The van der Waals surface area contributed by atoms with Gasteiger partial charge < -0.3 is 10.8 Å². The molecule has 2 rings (SSSR count). The third-order valence-corrected chi connectivity index (χ3v) is 4.33. The average Bonchev–Trinajstić information content (AvgIpc) is 2.58. The fourth-order valence-electron chi connectivity index (χ4n) is 2.39. The SMILES string of the molecule is C=C(C)/C(=C\C=C/C)N=Nc1ccc2c(C)cc(SN)c(N)c2c1O. The molecule has 0 fully saturated rings. The van der Waals surface area contributed by atoms with Gasteiger partial charge in [-0.3, -0.25) is 5.14 Å². The number of benzene rings is 2. The molecule has 0 aliphatic rings. The minimum Gasteiger partial charge on any atom is -0.505 e. The van der Waals surface area contributed by atoms with E-state index < -0.39 is 0 Å². The molecule has 2 aromatic rings. The van der Waals surface area contributed by atoms with Gasteiger partial charge in [-0.15, -0.1) is 5.11 Å². The first-order chi connectivity index (χ1) is 11.9. The van der Waals surface area contributed by atoms with Gasteiger partial charge in [0, 0.05) is 4.90 Å². The number of rotatable bonds is 5. The summed E-state index contributed by atoms with van der Waals surface area (Å²) in [7, 11) is 0. The van der Waals surface area contributed by atoms with E-state index in [0.717, 1.165) is 28.5 Å². The van der Waals surface area contributed by atoms with Crippen molar-refractivity contribution in [3.63, 3.8) is 0 Å². The first-order valence-corrected chi connectivity index (χ1v) is 8.60. The standard InChI is InChI=1S/C19H22N4OS/c1-5-6-7-14(11(2)3)22-23-15-9-8-13-12(4)10-16(25-21)18(20)17(13)19(15)24/h5-10,24H,2,20-21H2,1,3-4H3/b6-5-,14-7+,23-22?. The Kier molecular flexibility index (Phi) is 6.01. The highest BCUT2D eigenvalue weighted by Gasteiger charge is 2.14. The molecule has 0 unspecified atom stereocenters. The van der Waals surface area contributed by atoms with Gasteiger partial charge in [-0.05, 0) is 67.5 Å². The summed E-state index contributed by atoms with van der Waals surface area (Å²) in [5.41, 5.74) is 9.33. The van der Waals surface area contributed by atoms with Crippen molar-refractivity contribution in [3.8, 4) is 5.75 Å². The first kappa shape index (κ1) is 18.8. The number of phenolic OH excluding ortho intramolecular Hbond substituents is 1. The molecular formula is C19H22N4OS. The number of phenols is 1. The van der Waals surface area contributed by atoms with Crippen molar-refractivity contribution < 1.29 is 5.11 Å². The van der Waals surface area contributed by atoms with Gasteiger partial charge in [-0.2, -0.15) is 5.11 Å². The minimum absolute atomic E-state index is 0.00940. The van der Waals surface area contributed by atoms with Crippen LogP contribution in [-0.2, 0) is 0 Å². The molecule has 0 aliphatic heterocycles. The normalized spacial score (nSPS) is 12.6. The topological polar surface area (TPSA) is 97.0 Å². The molecule has 130 valence electrons.